The van der Waals surface area contributed by atoms with E-state index >= 15 is 0 Å². The molecule has 0 saturated heterocycles. The number of carbonyl (C=O) groups excluding carboxylic acids is 1. The molecule has 0 fully saturated rings. The molecule has 2 unspecified atom stereocenters. The molecule has 2 atom stereocenters. The number of anilines is 1. The molecule has 0 amide bonds. The number of nitrogens with zero attached hydrogens (tertiary/aromatic N) is 2. The van der Waals surface area contributed by atoms with Crippen LogP contribution in [0.4, 0.5) is 11.5 Å². The highest BCUT2D eigenvalue weighted by Gasteiger charge is 2.45. The lowest BCUT2D eigenvalue weighted by molar-refractivity contribution is -0.147. The van der Waals surface area contributed by atoms with Gasteiger partial charge in [-0.2, -0.15) is 0 Å². The lowest BCUT2D eigenvalue weighted by Crippen LogP contribution is -2.47. The first kappa shape index (κ1) is 18.4. The first-order valence-electron chi connectivity index (χ1n) is 8.27. The fourth-order valence-corrected chi connectivity index (χ4v) is 3.36. The largest absolute Gasteiger partial charge is 0.497 e. The van der Waals surface area contributed by atoms with Gasteiger partial charge in [0, 0.05) is 28.1 Å². The lowest BCUT2D eigenvalue weighted by Gasteiger charge is -2.39. The second-order valence-corrected chi connectivity index (χ2v) is 7.00. The number of carbonyl (C=O) groups is 1. The molecule has 0 bridgehead atoms. The Morgan fingerprint density at radius 1 is 1.35 bits per heavy atom. The SMILES string of the molecule is CCOC(=O)C1C=Nc2ncc(Br)cc2C1(C)Nc1ccc(OC)cc1. The molecule has 1 aromatic heterocycles. The molecule has 0 radical (unpaired) electrons. The van der Waals surface area contributed by atoms with Crippen molar-refractivity contribution >= 4 is 39.6 Å². The van der Waals surface area contributed by atoms with E-state index < -0.39 is 11.5 Å². The molecule has 2 heterocycles. The van der Waals surface area contributed by atoms with Crippen molar-refractivity contribution < 1.29 is 14.3 Å². The number of pyridine rings is 1. The van der Waals surface area contributed by atoms with Crippen molar-refractivity contribution in [3.8, 4) is 5.75 Å². The van der Waals surface area contributed by atoms with Gasteiger partial charge in [0.25, 0.3) is 0 Å². The third kappa shape index (κ3) is 3.44. The predicted octanol–water partition coefficient (Wildman–Crippen LogP) is 4.08. The lowest BCUT2D eigenvalue weighted by atomic mass is 9.78. The Bertz CT molecular complexity index is 838. The van der Waals surface area contributed by atoms with Crippen LogP contribution in [-0.4, -0.2) is 30.9 Å². The van der Waals surface area contributed by atoms with Gasteiger partial charge < -0.3 is 14.8 Å². The number of halogens is 1. The van der Waals surface area contributed by atoms with Crippen LogP contribution in [0.3, 0.4) is 0 Å². The van der Waals surface area contributed by atoms with Gasteiger partial charge in [-0.3, -0.25) is 4.79 Å². The van der Waals surface area contributed by atoms with Crippen LogP contribution in [-0.2, 0) is 15.1 Å². The Kier molecular flexibility index (Phi) is 5.27. The quantitative estimate of drug-likeness (QED) is 0.741. The summed E-state index contributed by atoms with van der Waals surface area (Å²) in [5, 5.41) is 3.47. The topological polar surface area (TPSA) is 72.8 Å². The third-order valence-corrected chi connectivity index (χ3v) is 4.83. The van der Waals surface area contributed by atoms with E-state index in [0.29, 0.717) is 12.4 Å². The van der Waals surface area contributed by atoms with Gasteiger partial charge in [0.05, 0.1) is 19.3 Å². The number of ether oxygens (including phenoxy) is 2. The zero-order valence-electron chi connectivity index (χ0n) is 14.8. The van der Waals surface area contributed by atoms with Crippen LogP contribution in [0.2, 0.25) is 0 Å². The van der Waals surface area contributed by atoms with Gasteiger partial charge in [0.15, 0.2) is 5.82 Å². The maximum absolute atomic E-state index is 12.6. The minimum Gasteiger partial charge on any atom is -0.497 e. The molecule has 0 saturated carbocycles. The summed E-state index contributed by atoms with van der Waals surface area (Å²) >= 11 is 3.46. The zero-order valence-corrected chi connectivity index (χ0v) is 16.4. The summed E-state index contributed by atoms with van der Waals surface area (Å²) in [4.78, 5) is 21.3. The van der Waals surface area contributed by atoms with Crippen molar-refractivity contribution in [2.75, 3.05) is 19.0 Å². The van der Waals surface area contributed by atoms with E-state index in [1.807, 2.05) is 37.3 Å². The molecule has 1 N–H and O–H groups in total. The fraction of sp³-hybridized carbons (Fsp3) is 0.316. The van der Waals surface area contributed by atoms with Gasteiger partial charge in [-0.25, -0.2) is 9.98 Å². The average molecular weight is 418 g/mol. The molecule has 0 aliphatic carbocycles. The van der Waals surface area contributed by atoms with E-state index in [-0.39, 0.29) is 5.97 Å². The van der Waals surface area contributed by atoms with Gasteiger partial charge in [-0.05, 0) is 60.1 Å². The molecule has 7 heteroatoms. The van der Waals surface area contributed by atoms with Crippen molar-refractivity contribution in [3.05, 3.63) is 46.6 Å². The Hall–Kier alpha value is -2.41. The number of rotatable bonds is 5. The zero-order chi connectivity index (χ0) is 18.7. The van der Waals surface area contributed by atoms with E-state index in [4.69, 9.17) is 9.47 Å². The van der Waals surface area contributed by atoms with Crippen LogP contribution in [0, 0.1) is 5.92 Å². The van der Waals surface area contributed by atoms with Crippen molar-refractivity contribution in [2.24, 2.45) is 10.9 Å². The smallest absolute Gasteiger partial charge is 0.317 e. The molecule has 1 aromatic carbocycles. The summed E-state index contributed by atoms with van der Waals surface area (Å²) in [6.45, 7) is 4.06. The molecular formula is C19H20BrN3O3. The number of methoxy groups -OCH3 is 1. The van der Waals surface area contributed by atoms with E-state index in [1.165, 1.54) is 0 Å². The maximum atomic E-state index is 12.6. The normalized spacial score (nSPS) is 21.0. The summed E-state index contributed by atoms with van der Waals surface area (Å²) in [6.07, 6.45) is 3.30. The standard InChI is InChI=1S/C19H20BrN3O3/c1-4-26-18(24)16-11-22-17-15(9-12(20)10-21-17)19(16,2)23-13-5-7-14(25-3)8-6-13/h5-11,16,23H,4H2,1-3H3. The molecule has 1 aliphatic rings. The number of fused-ring (bicyclic) bond motifs is 1. The summed E-state index contributed by atoms with van der Waals surface area (Å²) in [5.41, 5.74) is 0.904. The first-order chi connectivity index (χ1) is 12.5. The Balaban J connectivity index is 2.05. The van der Waals surface area contributed by atoms with E-state index in [1.54, 1.807) is 26.4 Å². The highest BCUT2D eigenvalue weighted by molar-refractivity contribution is 9.10. The summed E-state index contributed by atoms with van der Waals surface area (Å²) in [7, 11) is 1.62. The molecule has 0 spiro atoms. The van der Waals surface area contributed by atoms with Crippen LogP contribution in [0.5, 0.6) is 5.75 Å². The van der Waals surface area contributed by atoms with Gasteiger partial charge in [0.2, 0.25) is 0 Å². The molecule has 1 aliphatic heterocycles. The Morgan fingerprint density at radius 2 is 2.08 bits per heavy atom. The second-order valence-electron chi connectivity index (χ2n) is 6.09. The monoisotopic (exact) mass is 417 g/mol. The molecule has 2 aromatic rings. The molecule has 26 heavy (non-hydrogen) atoms. The average Bonchev–Trinajstić information content (AvgIpc) is 2.63. The number of aliphatic imine (C=N–C) groups is 1. The van der Waals surface area contributed by atoms with Gasteiger partial charge in [0.1, 0.15) is 11.7 Å². The number of hydrogen-bond donors (Lipinski definition) is 1. The number of esters is 1. The second kappa shape index (κ2) is 7.45. The molecule has 3 rings (SSSR count). The van der Waals surface area contributed by atoms with Crippen molar-refractivity contribution in [3.63, 3.8) is 0 Å². The third-order valence-electron chi connectivity index (χ3n) is 4.40. The highest BCUT2D eigenvalue weighted by Crippen LogP contribution is 2.42. The van der Waals surface area contributed by atoms with E-state index in [2.05, 4.69) is 31.2 Å². The minimum absolute atomic E-state index is 0.311. The van der Waals surface area contributed by atoms with Crippen molar-refractivity contribution in [2.45, 2.75) is 19.4 Å². The van der Waals surface area contributed by atoms with Gasteiger partial charge in [-0.1, -0.05) is 0 Å². The fourth-order valence-electron chi connectivity index (χ4n) is 3.03. The van der Waals surface area contributed by atoms with Crippen LogP contribution >= 0.6 is 15.9 Å². The van der Waals surface area contributed by atoms with E-state index in [9.17, 15) is 4.79 Å². The first-order valence-corrected chi connectivity index (χ1v) is 9.06. The number of hydrogen-bond acceptors (Lipinski definition) is 6. The minimum atomic E-state index is -0.769. The number of benzene rings is 1. The van der Waals surface area contributed by atoms with Gasteiger partial charge in [-0.15, -0.1) is 0 Å². The molecule has 136 valence electrons. The predicted molar refractivity (Wildman–Crippen MR) is 104 cm³/mol. The van der Waals surface area contributed by atoms with Crippen LogP contribution in [0.15, 0.2) is 46.0 Å². The molecule has 6 nitrogen and oxygen atoms in total. The maximum Gasteiger partial charge on any atom is 0.317 e. The highest BCUT2D eigenvalue weighted by atomic mass is 79.9. The number of nitrogens with one attached hydrogen (secondary N) is 1. The van der Waals surface area contributed by atoms with Crippen LogP contribution < -0.4 is 10.1 Å². The molecular weight excluding hydrogens is 398 g/mol. The summed E-state index contributed by atoms with van der Waals surface area (Å²) < 4.78 is 11.3. The summed E-state index contributed by atoms with van der Waals surface area (Å²) in [6, 6.07) is 9.47. The van der Waals surface area contributed by atoms with Gasteiger partial charge >= 0.3 is 5.97 Å². The Morgan fingerprint density at radius 3 is 2.73 bits per heavy atom. The van der Waals surface area contributed by atoms with Crippen molar-refractivity contribution in [1.29, 1.82) is 0 Å². The van der Waals surface area contributed by atoms with E-state index in [0.717, 1.165) is 21.5 Å². The summed E-state index contributed by atoms with van der Waals surface area (Å²) in [5.74, 6) is 0.425. The Labute approximate surface area is 160 Å². The van der Waals surface area contributed by atoms with Crippen LogP contribution in [0.1, 0.15) is 19.4 Å². The van der Waals surface area contributed by atoms with Crippen LogP contribution in [0.25, 0.3) is 0 Å². The van der Waals surface area contributed by atoms with Crippen molar-refractivity contribution in [1.82, 2.24) is 4.98 Å². The number of aromatic nitrogens is 1.